The summed E-state index contributed by atoms with van der Waals surface area (Å²) >= 11 is 0.483. The van der Waals surface area contributed by atoms with Crippen LogP contribution in [0.15, 0.2) is 26.6 Å². The van der Waals surface area contributed by atoms with E-state index in [9.17, 15) is 27.2 Å². The van der Waals surface area contributed by atoms with Crippen LogP contribution in [0.25, 0.3) is 5.69 Å². The van der Waals surface area contributed by atoms with Gasteiger partial charge in [0.25, 0.3) is 0 Å². The fourth-order valence-electron chi connectivity index (χ4n) is 2.47. The van der Waals surface area contributed by atoms with Crippen LogP contribution >= 0.6 is 11.8 Å². The Morgan fingerprint density at radius 3 is 2.00 bits per heavy atom. The van der Waals surface area contributed by atoms with Gasteiger partial charge in [0.2, 0.25) is 0 Å². The number of hydrogen-bond donors (Lipinski definition) is 0. The molecule has 25 heavy (non-hydrogen) atoms. The fraction of sp³-hybridized carbons (Fsp3) is 0.467. The van der Waals surface area contributed by atoms with E-state index in [4.69, 9.17) is 0 Å². The molecule has 10 heteroatoms. The summed E-state index contributed by atoms with van der Waals surface area (Å²) in [6.07, 6.45) is -4.39. The van der Waals surface area contributed by atoms with E-state index in [1.807, 2.05) is 0 Å². The molecule has 0 spiro atoms. The Kier molecular flexibility index (Phi) is 5.50. The molecule has 0 amide bonds. The fourth-order valence-corrected chi connectivity index (χ4v) is 3.27. The second-order valence-corrected chi connectivity index (χ2v) is 6.32. The molecule has 0 fully saturated rings. The molecule has 5 nitrogen and oxygen atoms in total. The van der Waals surface area contributed by atoms with Gasteiger partial charge in [-0.15, -0.1) is 11.8 Å². The minimum Gasteiger partial charge on any atom is -0.246 e. The van der Waals surface area contributed by atoms with Crippen molar-refractivity contribution in [1.29, 1.82) is 0 Å². The first-order chi connectivity index (χ1) is 11.6. The monoisotopic (exact) mass is 379 g/mol. The second-order valence-electron chi connectivity index (χ2n) is 5.31. The summed E-state index contributed by atoms with van der Waals surface area (Å²) in [4.78, 5) is 25.0. The molecule has 0 saturated heterocycles. The molecule has 0 radical (unpaired) electrons. The number of alkyl halides is 3. The van der Waals surface area contributed by atoms with Gasteiger partial charge in [-0.25, -0.2) is 27.9 Å². The van der Waals surface area contributed by atoms with Crippen LogP contribution in [0.3, 0.4) is 0 Å². The van der Waals surface area contributed by atoms with Gasteiger partial charge in [-0.1, -0.05) is 0 Å². The van der Waals surface area contributed by atoms with Crippen LogP contribution in [-0.2, 0) is 13.1 Å². The maximum Gasteiger partial charge on any atom is 0.398 e. The Morgan fingerprint density at radius 2 is 1.56 bits per heavy atom. The molecule has 0 aliphatic heterocycles. The van der Waals surface area contributed by atoms with Crippen molar-refractivity contribution in [3.05, 3.63) is 44.5 Å². The zero-order chi connectivity index (χ0) is 18.9. The van der Waals surface area contributed by atoms with Crippen LogP contribution < -0.4 is 11.4 Å². The Bertz CT molecular complexity index is 860. The first-order valence-corrected chi connectivity index (χ1v) is 8.52. The standard InChI is InChI=1S/C15H17F4N3O2S/c1-4-20-13(23)22(14(24)21(20)5-2)11-7-12(9(3)6-10(11)16)25-8-15(17,18)19/h6-7H,4-5,8H2,1-3H3. The van der Waals surface area contributed by atoms with E-state index >= 15 is 0 Å². The zero-order valence-electron chi connectivity index (χ0n) is 13.9. The van der Waals surface area contributed by atoms with Crippen molar-refractivity contribution in [1.82, 2.24) is 13.9 Å². The number of aryl methyl sites for hydroxylation is 1. The summed E-state index contributed by atoms with van der Waals surface area (Å²) in [6.45, 7) is 5.20. The minimum absolute atomic E-state index is 0.160. The van der Waals surface area contributed by atoms with E-state index in [0.717, 1.165) is 21.5 Å². The highest BCUT2D eigenvalue weighted by molar-refractivity contribution is 7.99. The largest absolute Gasteiger partial charge is 0.398 e. The van der Waals surface area contributed by atoms with Gasteiger partial charge in [-0.3, -0.25) is 0 Å². The van der Waals surface area contributed by atoms with Gasteiger partial charge in [0.05, 0.1) is 11.4 Å². The Hall–Kier alpha value is -1.97. The lowest BCUT2D eigenvalue weighted by Crippen LogP contribution is -2.28. The third-order valence-corrected chi connectivity index (χ3v) is 4.81. The predicted molar refractivity (Wildman–Crippen MR) is 87.1 cm³/mol. The molecule has 0 atom stereocenters. The molecule has 1 heterocycles. The summed E-state index contributed by atoms with van der Waals surface area (Å²) in [5, 5.41) is 0. The second kappa shape index (κ2) is 7.11. The van der Waals surface area contributed by atoms with E-state index in [1.54, 1.807) is 13.8 Å². The Labute approximate surface area is 144 Å². The van der Waals surface area contributed by atoms with Crippen molar-refractivity contribution in [2.24, 2.45) is 0 Å². The predicted octanol–water partition coefficient (Wildman–Crippen LogP) is 2.94. The zero-order valence-corrected chi connectivity index (χ0v) is 14.7. The van der Waals surface area contributed by atoms with E-state index in [0.29, 0.717) is 21.9 Å². The summed E-state index contributed by atoms with van der Waals surface area (Å²) < 4.78 is 54.7. The first-order valence-electron chi connectivity index (χ1n) is 7.53. The van der Waals surface area contributed by atoms with Crippen molar-refractivity contribution in [3.8, 4) is 5.69 Å². The van der Waals surface area contributed by atoms with Gasteiger partial charge < -0.3 is 0 Å². The van der Waals surface area contributed by atoms with Crippen LogP contribution in [0.2, 0.25) is 0 Å². The van der Waals surface area contributed by atoms with Gasteiger partial charge in [0.1, 0.15) is 5.82 Å². The van der Waals surface area contributed by atoms with Gasteiger partial charge >= 0.3 is 17.6 Å². The van der Waals surface area contributed by atoms with Gasteiger partial charge in [0.15, 0.2) is 0 Å². The molecule has 0 aliphatic rings. The van der Waals surface area contributed by atoms with Crippen LogP contribution in [0.1, 0.15) is 19.4 Å². The molecule has 0 bridgehead atoms. The molecule has 1 aromatic heterocycles. The molecule has 0 N–H and O–H groups in total. The molecule has 1 aromatic carbocycles. The van der Waals surface area contributed by atoms with E-state index < -0.39 is 29.1 Å². The average molecular weight is 379 g/mol. The number of halogens is 4. The van der Waals surface area contributed by atoms with Crippen molar-refractivity contribution >= 4 is 11.8 Å². The number of thioether (sulfide) groups is 1. The highest BCUT2D eigenvalue weighted by Gasteiger charge is 2.28. The summed E-state index contributed by atoms with van der Waals surface area (Å²) in [6, 6.07) is 2.14. The molecular weight excluding hydrogens is 362 g/mol. The molecule has 0 saturated carbocycles. The summed E-state index contributed by atoms with van der Waals surface area (Å²) in [5.74, 6) is -1.99. The number of benzene rings is 1. The van der Waals surface area contributed by atoms with Crippen LogP contribution in [0.4, 0.5) is 17.6 Å². The van der Waals surface area contributed by atoms with Gasteiger partial charge in [-0.2, -0.15) is 13.2 Å². The lowest BCUT2D eigenvalue weighted by atomic mass is 10.2. The first kappa shape index (κ1) is 19.4. The van der Waals surface area contributed by atoms with Crippen molar-refractivity contribution in [2.75, 3.05) is 5.75 Å². The molecular formula is C15H17F4N3O2S. The third kappa shape index (κ3) is 3.83. The summed E-state index contributed by atoms with van der Waals surface area (Å²) in [7, 11) is 0. The number of nitrogens with zero attached hydrogens (tertiary/aromatic N) is 3. The van der Waals surface area contributed by atoms with Gasteiger partial charge in [-0.05, 0) is 38.5 Å². The van der Waals surface area contributed by atoms with E-state index in [1.165, 1.54) is 6.92 Å². The molecule has 2 aromatic rings. The van der Waals surface area contributed by atoms with Crippen molar-refractivity contribution in [2.45, 2.75) is 44.9 Å². The molecule has 0 aliphatic carbocycles. The van der Waals surface area contributed by atoms with Crippen molar-refractivity contribution in [3.63, 3.8) is 0 Å². The smallest absolute Gasteiger partial charge is 0.246 e. The lowest BCUT2D eigenvalue weighted by Gasteiger charge is -2.11. The highest BCUT2D eigenvalue weighted by atomic mass is 32.2. The van der Waals surface area contributed by atoms with Gasteiger partial charge in [0, 0.05) is 18.0 Å². The SMILES string of the molecule is CCn1c(=O)n(-c2cc(SCC(F)(F)F)c(C)cc2F)c(=O)n1CC. The molecule has 138 valence electrons. The minimum atomic E-state index is -4.39. The van der Waals surface area contributed by atoms with E-state index in [-0.39, 0.29) is 23.7 Å². The topological polar surface area (TPSA) is 48.9 Å². The third-order valence-electron chi connectivity index (χ3n) is 3.59. The summed E-state index contributed by atoms with van der Waals surface area (Å²) in [5.41, 5.74) is -1.51. The Morgan fingerprint density at radius 1 is 1.04 bits per heavy atom. The quantitative estimate of drug-likeness (QED) is 0.593. The highest BCUT2D eigenvalue weighted by Crippen LogP contribution is 2.31. The maximum absolute atomic E-state index is 14.4. The van der Waals surface area contributed by atoms with Crippen LogP contribution in [0.5, 0.6) is 0 Å². The number of aromatic nitrogens is 3. The number of rotatable bonds is 5. The van der Waals surface area contributed by atoms with Crippen molar-refractivity contribution < 1.29 is 17.6 Å². The number of hydrogen-bond acceptors (Lipinski definition) is 3. The average Bonchev–Trinajstić information content (AvgIpc) is 2.75. The van der Waals surface area contributed by atoms with Crippen LogP contribution in [0, 0.1) is 12.7 Å². The molecule has 2 rings (SSSR count). The normalized spacial score (nSPS) is 12.0. The van der Waals surface area contributed by atoms with E-state index in [2.05, 4.69) is 0 Å². The van der Waals surface area contributed by atoms with Crippen LogP contribution in [-0.4, -0.2) is 25.9 Å². The molecule has 0 unspecified atom stereocenters. The Balaban J connectivity index is 2.63. The lowest BCUT2D eigenvalue weighted by molar-refractivity contribution is -0.105. The maximum atomic E-state index is 14.4.